The molecular weight excluding hydrogens is 377 g/mol. The second kappa shape index (κ2) is 7.21. The van der Waals surface area contributed by atoms with Gasteiger partial charge in [0.2, 0.25) is 5.91 Å². The molecule has 0 aromatic carbocycles. The molecule has 0 aliphatic rings. The van der Waals surface area contributed by atoms with Crippen LogP contribution in [0.4, 0.5) is 13.2 Å². The molecule has 0 N–H and O–H groups in total. The number of amides is 1. The highest BCUT2D eigenvalue weighted by Crippen LogP contribution is 2.27. The Balaban J connectivity index is 1.75. The Bertz CT molecular complexity index is 1020. The fraction of sp³-hybridized carbons (Fsp3) is 0.471. The van der Waals surface area contributed by atoms with Gasteiger partial charge in [0.1, 0.15) is 11.5 Å². The Hall–Kier alpha value is -2.98. The first kappa shape index (κ1) is 19.8. The lowest BCUT2D eigenvalue weighted by Crippen LogP contribution is -2.26. The van der Waals surface area contributed by atoms with Gasteiger partial charge in [-0.3, -0.25) is 4.79 Å². The van der Waals surface area contributed by atoms with E-state index in [9.17, 15) is 18.0 Å². The summed E-state index contributed by atoms with van der Waals surface area (Å²) in [6.45, 7) is 5.39. The van der Waals surface area contributed by atoms with E-state index >= 15 is 0 Å². The van der Waals surface area contributed by atoms with Crippen molar-refractivity contribution in [1.29, 1.82) is 0 Å². The summed E-state index contributed by atoms with van der Waals surface area (Å²) in [6, 6.07) is 1.75. The maximum Gasteiger partial charge on any atom is 0.453 e. The second-order valence-corrected chi connectivity index (χ2v) is 6.58. The normalized spacial score (nSPS) is 12.0. The van der Waals surface area contributed by atoms with Crippen LogP contribution in [0.2, 0.25) is 0 Å². The lowest BCUT2D eigenvalue weighted by molar-refractivity contribution is -0.144. The summed E-state index contributed by atoms with van der Waals surface area (Å²) < 4.78 is 44.6. The standard InChI is InChI=1S/C17H19F3N6O2/c1-9-7-12(24-28-9)8-25(4)14(27)6-5-13-10(2)21-16-22-15(17(18,19)20)23-26(16)11(13)3/h7H,5-6,8H2,1-4H3. The molecule has 0 saturated carbocycles. The van der Waals surface area contributed by atoms with Crippen LogP contribution >= 0.6 is 0 Å². The first-order valence-corrected chi connectivity index (χ1v) is 8.52. The molecule has 11 heteroatoms. The number of halogens is 3. The number of nitrogens with zero attached hydrogens (tertiary/aromatic N) is 6. The topological polar surface area (TPSA) is 89.4 Å². The number of hydrogen-bond acceptors (Lipinski definition) is 6. The van der Waals surface area contributed by atoms with Gasteiger partial charge in [0.15, 0.2) is 0 Å². The third kappa shape index (κ3) is 3.97. The molecule has 0 saturated heterocycles. The fourth-order valence-corrected chi connectivity index (χ4v) is 2.94. The largest absolute Gasteiger partial charge is 0.453 e. The molecule has 3 rings (SSSR count). The van der Waals surface area contributed by atoms with Gasteiger partial charge in [0, 0.05) is 30.9 Å². The summed E-state index contributed by atoms with van der Waals surface area (Å²) in [5.74, 6) is -0.823. The highest BCUT2D eigenvalue weighted by Gasteiger charge is 2.37. The fourth-order valence-electron chi connectivity index (χ4n) is 2.94. The summed E-state index contributed by atoms with van der Waals surface area (Å²) in [5.41, 5.74) is 2.32. The van der Waals surface area contributed by atoms with E-state index in [1.165, 1.54) is 4.90 Å². The number of carbonyl (C=O) groups is 1. The molecule has 0 aliphatic carbocycles. The van der Waals surface area contributed by atoms with Crippen LogP contribution in [0.25, 0.3) is 5.78 Å². The van der Waals surface area contributed by atoms with Gasteiger partial charge in [-0.2, -0.15) is 18.2 Å². The smallest absolute Gasteiger partial charge is 0.361 e. The molecule has 150 valence electrons. The van der Waals surface area contributed by atoms with Crippen LogP contribution in [0, 0.1) is 20.8 Å². The van der Waals surface area contributed by atoms with Crippen LogP contribution in [0.1, 0.15) is 40.7 Å². The van der Waals surface area contributed by atoms with Gasteiger partial charge in [-0.1, -0.05) is 5.16 Å². The maximum absolute atomic E-state index is 12.9. The number of aryl methyl sites for hydroxylation is 3. The van der Waals surface area contributed by atoms with Gasteiger partial charge in [-0.05, 0) is 32.8 Å². The van der Waals surface area contributed by atoms with E-state index in [0.29, 0.717) is 41.4 Å². The molecule has 28 heavy (non-hydrogen) atoms. The Morgan fingerprint density at radius 2 is 1.96 bits per heavy atom. The zero-order valence-electron chi connectivity index (χ0n) is 15.8. The third-order valence-electron chi connectivity index (χ3n) is 4.39. The summed E-state index contributed by atoms with van der Waals surface area (Å²) in [4.78, 5) is 21.5. The minimum atomic E-state index is -4.65. The molecule has 3 aromatic heterocycles. The molecule has 1 amide bonds. The van der Waals surface area contributed by atoms with Crippen molar-refractivity contribution in [3.05, 3.63) is 40.3 Å². The van der Waals surface area contributed by atoms with Gasteiger partial charge < -0.3 is 9.42 Å². The molecule has 8 nitrogen and oxygen atoms in total. The van der Waals surface area contributed by atoms with E-state index in [4.69, 9.17) is 4.52 Å². The molecule has 0 fully saturated rings. The summed E-state index contributed by atoms with van der Waals surface area (Å²) in [7, 11) is 1.65. The van der Waals surface area contributed by atoms with E-state index < -0.39 is 12.0 Å². The first-order valence-electron chi connectivity index (χ1n) is 8.52. The average molecular weight is 396 g/mol. The van der Waals surface area contributed by atoms with Crippen LogP contribution in [0.5, 0.6) is 0 Å². The van der Waals surface area contributed by atoms with Crippen LogP contribution in [0.15, 0.2) is 10.6 Å². The van der Waals surface area contributed by atoms with Crippen molar-refractivity contribution in [2.45, 2.75) is 46.3 Å². The van der Waals surface area contributed by atoms with Crippen LogP contribution in [-0.4, -0.2) is 42.6 Å². The molecule has 0 atom stereocenters. The van der Waals surface area contributed by atoms with Crippen molar-refractivity contribution in [2.75, 3.05) is 7.05 Å². The zero-order valence-corrected chi connectivity index (χ0v) is 15.8. The van der Waals surface area contributed by atoms with Gasteiger partial charge >= 0.3 is 6.18 Å². The molecule has 0 unspecified atom stereocenters. The maximum atomic E-state index is 12.9. The minimum absolute atomic E-state index is 0.115. The van der Waals surface area contributed by atoms with Crippen LogP contribution in [-0.2, 0) is 23.9 Å². The van der Waals surface area contributed by atoms with E-state index in [1.54, 1.807) is 33.9 Å². The predicted molar refractivity (Wildman–Crippen MR) is 91.3 cm³/mol. The van der Waals surface area contributed by atoms with Gasteiger partial charge in [0.05, 0.1) is 6.54 Å². The number of hydrogen-bond donors (Lipinski definition) is 0. The minimum Gasteiger partial charge on any atom is -0.361 e. The highest BCUT2D eigenvalue weighted by atomic mass is 19.4. The molecule has 0 radical (unpaired) electrons. The van der Waals surface area contributed by atoms with Gasteiger partial charge in [-0.25, -0.2) is 9.50 Å². The van der Waals surface area contributed by atoms with Crippen molar-refractivity contribution < 1.29 is 22.5 Å². The Labute approximate surface area is 158 Å². The predicted octanol–water partition coefficient (Wildman–Crippen LogP) is 2.65. The number of carbonyl (C=O) groups excluding carboxylic acids is 1. The Kier molecular flexibility index (Phi) is 5.09. The third-order valence-corrected chi connectivity index (χ3v) is 4.39. The van der Waals surface area contributed by atoms with Gasteiger partial charge in [0.25, 0.3) is 11.6 Å². The monoisotopic (exact) mass is 396 g/mol. The summed E-state index contributed by atoms with van der Waals surface area (Å²) in [5, 5.41) is 7.36. The summed E-state index contributed by atoms with van der Waals surface area (Å²) >= 11 is 0. The van der Waals surface area contributed by atoms with Crippen molar-refractivity contribution in [3.63, 3.8) is 0 Å². The van der Waals surface area contributed by atoms with Crippen molar-refractivity contribution in [1.82, 2.24) is 29.6 Å². The molecule has 3 heterocycles. The van der Waals surface area contributed by atoms with Crippen molar-refractivity contribution in [3.8, 4) is 0 Å². The van der Waals surface area contributed by atoms with E-state index in [-0.39, 0.29) is 18.1 Å². The quantitative estimate of drug-likeness (QED) is 0.659. The number of rotatable bonds is 5. The number of alkyl halides is 3. The van der Waals surface area contributed by atoms with E-state index in [0.717, 1.165) is 4.52 Å². The Morgan fingerprint density at radius 1 is 1.25 bits per heavy atom. The van der Waals surface area contributed by atoms with Crippen LogP contribution < -0.4 is 0 Å². The van der Waals surface area contributed by atoms with E-state index in [1.807, 2.05) is 0 Å². The molecule has 0 spiro atoms. The molecule has 0 bridgehead atoms. The Morgan fingerprint density at radius 3 is 2.57 bits per heavy atom. The summed E-state index contributed by atoms with van der Waals surface area (Å²) in [6.07, 6.45) is -4.15. The SMILES string of the molecule is Cc1cc(CN(C)C(=O)CCc2c(C)nc3nc(C(F)(F)F)nn3c2C)no1. The molecule has 3 aromatic rings. The molecular formula is C17H19F3N6O2. The average Bonchev–Trinajstić information content (AvgIpc) is 3.20. The lowest BCUT2D eigenvalue weighted by atomic mass is 10.1. The highest BCUT2D eigenvalue weighted by molar-refractivity contribution is 5.76. The van der Waals surface area contributed by atoms with Crippen molar-refractivity contribution in [2.24, 2.45) is 0 Å². The number of aromatic nitrogens is 5. The van der Waals surface area contributed by atoms with Crippen LogP contribution in [0.3, 0.4) is 0 Å². The number of fused-ring (bicyclic) bond motifs is 1. The second-order valence-electron chi connectivity index (χ2n) is 6.58. The lowest BCUT2D eigenvalue weighted by Gasteiger charge is -2.16. The first-order chi connectivity index (χ1) is 13.1. The van der Waals surface area contributed by atoms with Gasteiger partial charge in [-0.15, -0.1) is 5.10 Å². The van der Waals surface area contributed by atoms with Crippen molar-refractivity contribution >= 4 is 11.7 Å². The zero-order chi connectivity index (χ0) is 20.6. The molecule has 0 aliphatic heterocycles. The van der Waals surface area contributed by atoms with E-state index in [2.05, 4.69) is 20.2 Å².